The molecule has 0 atom stereocenters. The van der Waals surface area contributed by atoms with Gasteiger partial charge in [-0.05, 0) is 0 Å². The van der Waals surface area contributed by atoms with Crippen LogP contribution in [0.2, 0.25) is 1.41 Å². The first-order chi connectivity index (χ1) is 2.89. The van der Waals surface area contributed by atoms with Gasteiger partial charge in [-0.1, -0.05) is 0 Å². The molecular formula is C2H5NO2. The highest BCUT2D eigenvalue weighted by molar-refractivity contribution is 4.13. The van der Waals surface area contributed by atoms with Gasteiger partial charge < -0.3 is 4.74 Å². The quantitative estimate of drug-likeness (QED) is 0.420. The summed E-state index contributed by atoms with van der Waals surface area (Å²) in [6, 6.07) is 0. The largest absolute Gasteiger partial charge is 0.336 e. The molecule has 0 aromatic heterocycles. The number of hydrogen-bond donors (Lipinski definition) is 1. The van der Waals surface area contributed by atoms with E-state index < -0.39 is 0 Å². The molecule has 0 amide bonds. The molecule has 3 nitrogen and oxygen atoms in total. The van der Waals surface area contributed by atoms with Gasteiger partial charge in [0.2, 0.25) is 0 Å². The van der Waals surface area contributed by atoms with E-state index in [1.165, 1.54) is 0 Å². The van der Waals surface area contributed by atoms with Gasteiger partial charge in [-0.3, -0.25) is 4.84 Å². The van der Waals surface area contributed by atoms with Gasteiger partial charge in [0.1, 0.15) is 6.73 Å². The standard InChI is InChI=1S/C2H5NO2/c1-3-5-2-4-1/h3H,1-2H2/i/hD. The van der Waals surface area contributed by atoms with Crippen molar-refractivity contribution in [3.05, 3.63) is 0 Å². The van der Waals surface area contributed by atoms with Crippen molar-refractivity contribution in [3.63, 3.8) is 0 Å². The zero-order valence-corrected chi connectivity index (χ0v) is 2.68. The third-order valence-corrected chi connectivity index (χ3v) is 0.371. The Kier molecular flexibility index (Phi) is 0.574. The number of rotatable bonds is 0. The first-order valence-electron chi connectivity index (χ1n) is 1.81. The van der Waals surface area contributed by atoms with Crippen LogP contribution in [-0.2, 0) is 9.57 Å². The lowest BCUT2D eigenvalue weighted by Crippen LogP contribution is -2.02. The maximum absolute atomic E-state index is 6.62. The second-order valence-corrected chi connectivity index (χ2v) is 0.709. The minimum atomic E-state index is 0.226. The third-order valence-electron chi connectivity index (χ3n) is 0.371. The van der Waals surface area contributed by atoms with Crippen LogP contribution < -0.4 is 5.47 Å². The fraction of sp³-hybridized carbons (Fsp3) is 1.00. The van der Waals surface area contributed by atoms with Crippen LogP contribution in [0.1, 0.15) is 0 Å². The van der Waals surface area contributed by atoms with E-state index in [4.69, 9.17) is 1.41 Å². The van der Waals surface area contributed by atoms with E-state index in [1.54, 1.807) is 0 Å². The Labute approximate surface area is 31.3 Å². The monoisotopic (exact) mass is 76.0 g/mol. The van der Waals surface area contributed by atoms with Crippen LogP contribution in [0, 0.1) is 0 Å². The van der Waals surface area contributed by atoms with Gasteiger partial charge in [0, 0.05) is 0 Å². The van der Waals surface area contributed by atoms with Crippen LogP contribution in [0.25, 0.3) is 0 Å². The van der Waals surface area contributed by atoms with E-state index >= 15 is 0 Å². The van der Waals surface area contributed by atoms with Crippen molar-refractivity contribution in [1.82, 2.24) is 5.47 Å². The molecule has 1 aliphatic heterocycles. The zero-order chi connectivity index (χ0) is 4.41. The van der Waals surface area contributed by atoms with Gasteiger partial charge in [0.05, 0.1) is 0 Å². The smallest absolute Gasteiger partial charge is 0.168 e. The van der Waals surface area contributed by atoms with Crippen LogP contribution in [0.5, 0.6) is 0 Å². The summed E-state index contributed by atoms with van der Waals surface area (Å²) >= 11 is 0. The average molecular weight is 76.1 g/mol. The van der Waals surface area contributed by atoms with Gasteiger partial charge in [0.25, 0.3) is 0 Å². The molecule has 0 aromatic rings. The summed E-state index contributed by atoms with van der Waals surface area (Å²) in [6.45, 7) is 0.490. The van der Waals surface area contributed by atoms with Gasteiger partial charge in [-0.15, -0.1) is 0 Å². The molecule has 1 saturated heterocycles. The van der Waals surface area contributed by atoms with Crippen molar-refractivity contribution in [2.45, 2.75) is 0 Å². The molecule has 1 fully saturated rings. The summed E-state index contributed by atoms with van der Waals surface area (Å²) in [7, 11) is 0. The Balaban J connectivity index is 2.18. The Morgan fingerprint density at radius 1 is 2.00 bits per heavy atom. The highest BCUT2D eigenvalue weighted by atomic mass is 16.8. The topological polar surface area (TPSA) is 30.5 Å². The summed E-state index contributed by atoms with van der Waals surface area (Å²) in [6.07, 6.45) is 0. The molecule has 30 valence electrons. The highest BCUT2D eigenvalue weighted by Gasteiger charge is 1.92. The summed E-state index contributed by atoms with van der Waals surface area (Å²) in [5, 5.41) is 0. The first-order valence-corrected chi connectivity index (χ1v) is 1.36. The van der Waals surface area contributed by atoms with Crippen molar-refractivity contribution < 1.29 is 11.0 Å². The summed E-state index contributed by atoms with van der Waals surface area (Å²) in [5.41, 5.74) is 0.889. The van der Waals surface area contributed by atoms with Crippen molar-refractivity contribution in [2.75, 3.05) is 13.5 Å². The summed E-state index contributed by atoms with van der Waals surface area (Å²) in [5.74, 6) is 0. The van der Waals surface area contributed by atoms with E-state index in [0.29, 0.717) is 0 Å². The normalized spacial score (nSPS) is 30.8. The molecule has 0 unspecified atom stereocenters. The molecule has 0 aliphatic carbocycles. The lowest BCUT2D eigenvalue weighted by Gasteiger charge is -1.75. The minimum Gasteiger partial charge on any atom is -0.336 e. The molecule has 1 N–H and O–H groups in total. The molecule has 1 rings (SSSR count). The molecule has 5 heavy (non-hydrogen) atoms. The molecule has 0 radical (unpaired) electrons. The van der Waals surface area contributed by atoms with Crippen molar-refractivity contribution in [1.29, 1.82) is 0 Å². The molecule has 1 aliphatic rings. The second kappa shape index (κ2) is 1.35. The van der Waals surface area contributed by atoms with Crippen molar-refractivity contribution in [3.8, 4) is 0 Å². The highest BCUT2D eigenvalue weighted by Crippen LogP contribution is 1.77. The van der Waals surface area contributed by atoms with Crippen LogP contribution in [-0.4, -0.2) is 13.5 Å². The van der Waals surface area contributed by atoms with E-state index in [1.807, 2.05) is 0 Å². The molecule has 0 spiro atoms. The molecule has 1 heterocycles. The predicted molar refractivity (Wildman–Crippen MR) is 15.0 cm³/mol. The number of hydroxylamine groups is 1. The Morgan fingerprint density at radius 2 is 3.00 bits per heavy atom. The molecular weight excluding hydrogens is 70.0 g/mol. The fourth-order valence-electron chi connectivity index (χ4n) is 0.186. The van der Waals surface area contributed by atoms with Crippen molar-refractivity contribution >= 4 is 0 Å². The molecule has 0 bridgehead atoms. The summed E-state index contributed by atoms with van der Waals surface area (Å²) in [4.78, 5) is 4.43. The summed E-state index contributed by atoms with van der Waals surface area (Å²) < 4.78 is 11.2. The van der Waals surface area contributed by atoms with Gasteiger partial charge >= 0.3 is 0 Å². The molecule has 3 heteroatoms. The predicted octanol–water partition coefficient (Wildman–Crippen LogP) is -0.547. The van der Waals surface area contributed by atoms with Gasteiger partial charge in [0.15, 0.2) is 8.20 Å². The zero-order valence-electron chi connectivity index (χ0n) is 3.68. The lowest BCUT2D eigenvalue weighted by molar-refractivity contribution is 0.0402. The maximum Gasteiger partial charge on any atom is 0.168 e. The Bertz CT molecular complexity index is 44.8. The van der Waals surface area contributed by atoms with E-state index in [0.717, 1.165) is 5.47 Å². The van der Waals surface area contributed by atoms with Crippen molar-refractivity contribution in [2.24, 2.45) is 0 Å². The molecule has 0 saturated carbocycles. The second-order valence-electron chi connectivity index (χ2n) is 0.709. The average Bonchev–Trinajstić information content (AvgIpc) is 1.86. The maximum atomic E-state index is 6.62. The van der Waals surface area contributed by atoms with Crippen LogP contribution in [0.3, 0.4) is 0 Å². The van der Waals surface area contributed by atoms with Gasteiger partial charge in [-0.25, -0.2) is 0 Å². The van der Waals surface area contributed by atoms with E-state index in [-0.39, 0.29) is 13.5 Å². The van der Waals surface area contributed by atoms with E-state index in [9.17, 15) is 0 Å². The lowest BCUT2D eigenvalue weighted by atomic mass is 11.3. The first kappa shape index (κ1) is 2.12. The Morgan fingerprint density at radius 3 is 3.20 bits per heavy atom. The van der Waals surface area contributed by atoms with Crippen LogP contribution in [0.4, 0.5) is 0 Å². The Hall–Kier alpha value is -0.120. The van der Waals surface area contributed by atoms with Crippen LogP contribution in [0.15, 0.2) is 0 Å². The third kappa shape index (κ3) is 0.576. The van der Waals surface area contributed by atoms with E-state index in [2.05, 4.69) is 9.57 Å². The fourth-order valence-corrected chi connectivity index (χ4v) is 0.186. The SMILES string of the molecule is [2H]N1COCO1. The minimum absolute atomic E-state index is 0.226. The molecule has 0 aromatic carbocycles. The van der Waals surface area contributed by atoms with Gasteiger partial charge in [-0.2, -0.15) is 5.47 Å². The number of hydrogen-bond acceptors (Lipinski definition) is 3. The van der Waals surface area contributed by atoms with Crippen LogP contribution >= 0.6 is 0 Å². The number of nitrogens with one attached hydrogen (secondary N) is 1. The number of ether oxygens (including phenoxy) is 1.